The van der Waals surface area contributed by atoms with Crippen molar-refractivity contribution < 1.29 is 5.11 Å². The Hall–Kier alpha value is -2.88. The molecule has 0 unspecified atom stereocenters. The number of aromatic hydroxyl groups is 1. The van der Waals surface area contributed by atoms with Crippen LogP contribution in [-0.2, 0) is 0 Å². The SMILES string of the molecule is Cc1cc(C)cc(N/N=C/c2ccc3cccc(O)c3n2)c1. The standard InChI is InChI=1S/C18H17N3O/c1-12-8-13(2)10-16(9-12)21-19-11-15-7-6-14-4-3-5-17(22)18(14)20-15/h3-11,21-22H,1-2H3/b19-11+. The fraction of sp³-hybridized carbons (Fsp3) is 0.111. The van der Waals surface area contributed by atoms with Crippen LogP contribution < -0.4 is 5.43 Å². The summed E-state index contributed by atoms with van der Waals surface area (Å²) in [5.41, 5.74) is 7.59. The maximum absolute atomic E-state index is 9.84. The molecule has 2 N–H and O–H groups in total. The maximum Gasteiger partial charge on any atom is 0.141 e. The van der Waals surface area contributed by atoms with Gasteiger partial charge in [-0.1, -0.05) is 24.3 Å². The first-order valence-electron chi connectivity index (χ1n) is 7.08. The summed E-state index contributed by atoms with van der Waals surface area (Å²) in [6.07, 6.45) is 1.64. The zero-order valence-electron chi connectivity index (χ0n) is 12.5. The predicted octanol–water partition coefficient (Wildman–Crippen LogP) is 4.00. The normalized spacial score (nSPS) is 11.2. The molecule has 2 aromatic carbocycles. The zero-order valence-corrected chi connectivity index (χ0v) is 12.5. The molecule has 0 saturated heterocycles. The van der Waals surface area contributed by atoms with Crippen molar-refractivity contribution >= 4 is 22.8 Å². The van der Waals surface area contributed by atoms with Crippen molar-refractivity contribution in [2.75, 3.05) is 5.43 Å². The van der Waals surface area contributed by atoms with E-state index in [1.54, 1.807) is 18.3 Å². The molecule has 0 bridgehead atoms. The molecule has 110 valence electrons. The summed E-state index contributed by atoms with van der Waals surface area (Å²) in [4.78, 5) is 4.40. The van der Waals surface area contributed by atoms with Crippen molar-refractivity contribution in [1.82, 2.24) is 4.98 Å². The summed E-state index contributed by atoms with van der Waals surface area (Å²) in [6, 6.07) is 15.3. The van der Waals surface area contributed by atoms with E-state index < -0.39 is 0 Å². The number of hydrogen-bond donors (Lipinski definition) is 2. The Kier molecular flexibility index (Phi) is 3.74. The van der Waals surface area contributed by atoms with Gasteiger partial charge in [-0.05, 0) is 49.2 Å². The maximum atomic E-state index is 9.84. The average molecular weight is 291 g/mol. The van der Waals surface area contributed by atoms with Crippen LogP contribution in [0.4, 0.5) is 5.69 Å². The third-order valence-electron chi connectivity index (χ3n) is 3.33. The minimum atomic E-state index is 0.176. The van der Waals surface area contributed by atoms with Gasteiger partial charge in [0.05, 0.1) is 17.6 Å². The molecule has 4 nitrogen and oxygen atoms in total. The highest BCUT2D eigenvalue weighted by atomic mass is 16.3. The molecule has 1 aromatic heterocycles. The number of phenols is 1. The molecule has 0 fully saturated rings. The summed E-state index contributed by atoms with van der Waals surface area (Å²) in [5.74, 6) is 0.176. The number of anilines is 1. The van der Waals surface area contributed by atoms with Gasteiger partial charge in [-0.3, -0.25) is 5.43 Å². The van der Waals surface area contributed by atoms with Crippen LogP contribution in [0, 0.1) is 13.8 Å². The van der Waals surface area contributed by atoms with Gasteiger partial charge in [-0.2, -0.15) is 5.10 Å². The Morgan fingerprint density at radius 2 is 1.82 bits per heavy atom. The summed E-state index contributed by atoms with van der Waals surface area (Å²) >= 11 is 0. The number of fused-ring (bicyclic) bond motifs is 1. The minimum absolute atomic E-state index is 0.176. The molecule has 3 rings (SSSR count). The van der Waals surface area contributed by atoms with Gasteiger partial charge in [0.2, 0.25) is 0 Å². The molecule has 0 aliphatic heterocycles. The second-order valence-corrected chi connectivity index (χ2v) is 5.33. The molecule has 0 atom stereocenters. The lowest BCUT2D eigenvalue weighted by molar-refractivity contribution is 0.480. The second kappa shape index (κ2) is 5.85. The van der Waals surface area contributed by atoms with Crippen LogP contribution in [0.1, 0.15) is 16.8 Å². The Labute approximate surface area is 129 Å². The number of hydrogen-bond acceptors (Lipinski definition) is 4. The molecule has 22 heavy (non-hydrogen) atoms. The van der Waals surface area contributed by atoms with Crippen LogP contribution in [0.3, 0.4) is 0 Å². The average Bonchev–Trinajstić information content (AvgIpc) is 2.47. The topological polar surface area (TPSA) is 57.5 Å². The fourth-order valence-electron chi connectivity index (χ4n) is 2.43. The number of aromatic nitrogens is 1. The molecule has 3 aromatic rings. The smallest absolute Gasteiger partial charge is 0.141 e. The van der Waals surface area contributed by atoms with E-state index in [9.17, 15) is 5.11 Å². The molecule has 0 amide bonds. The number of phenolic OH excluding ortho intramolecular Hbond substituents is 1. The number of nitrogens with one attached hydrogen (secondary N) is 1. The quantitative estimate of drug-likeness (QED) is 0.566. The molecular formula is C18H17N3O. The molecule has 1 heterocycles. The lowest BCUT2D eigenvalue weighted by atomic mass is 10.1. The summed E-state index contributed by atoms with van der Waals surface area (Å²) < 4.78 is 0. The van der Waals surface area contributed by atoms with E-state index in [2.05, 4.69) is 35.4 Å². The van der Waals surface area contributed by atoms with Crippen molar-refractivity contribution in [3.05, 3.63) is 65.4 Å². The zero-order chi connectivity index (χ0) is 15.5. The first kappa shape index (κ1) is 14.1. The van der Waals surface area contributed by atoms with Gasteiger partial charge < -0.3 is 5.11 Å². The number of hydrazone groups is 1. The number of nitrogens with zero attached hydrogens (tertiary/aromatic N) is 2. The monoisotopic (exact) mass is 291 g/mol. The van der Waals surface area contributed by atoms with Crippen molar-refractivity contribution in [2.45, 2.75) is 13.8 Å². The van der Waals surface area contributed by atoms with Crippen LogP contribution in [0.2, 0.25) is 0 Å². The first-order chi connectivity index (χ1) is 10.6. The lowest BCUT2D eigenvalue weighted by Crippen LogP contribution is -1.94. The first-order valence-corrected chi connectivity index (χ1v) is 7.08. The van der Waals surface area contributed by atoms with Crippen LogP contribution in [-0.4, -0.2) is 16.3 Å². The van der Waals surface area contributed by atoms with E-state index in [0.29, 0.717) is 11.2 Å². The Bertz CT molecular complexity index is 836. The van der Waals surface area contributed by atoms with Crippen LogP contribution in [0.15, 0.2) is 53.6 Å². The summed E-state index contributed by atoms with van der Waals surface area (Å²) in [5, 5.41) is 15.0. The number of aryl methyl sites for hydroxylation is 2. The summed E-state index contributed by atoms with van der Waals surface area (Å²) in [6.45, 7) is 4.10. The van der Waals surface area contributed by atoms with Gasteiger partial charge in [0.25, 0.3) is 0 Å². The van der Waals surface area contributed by atoms with Gasteiger partial charge in [0.15, 0.2) is 0 Å². The predicted molar refractivity (Wildman–Crippen MR) is 90.5 cm³/mol. The van der Waals surface area contributed by atoms with Crippen molar-refractivity contribution in [3.8, 4) is 5.75 Å². The van der Waals surface area contributed by atoms with E-state index in [0.717, 1.165) is 11.1 Å². The van der Waals surface area contributed by atoms with Crippen molar-refractivity contribution in [1.29, 1.82) is 0 Å². The van der Waals surface area contributed by atoms with E-state index >= 15 is 0 Å². The van der Waals surface area contributed by atoms with Gasteiger partial charge in [-0.15, -0.1) is 0 Å². The third-order valence-corrected chi connectivity index (χ3v) is 3.33. The van der Waals surface area contributed by atoms with Crippen LogP contribution in [0.5, 0.6) is 5.75 Å². The second-order valence-electron chi connectivity index (χ2n) is 5.33. The number of benzene rings is 2. The Balaban J connectivity index is 1.82. The fourth-order valence-corrected chi connectivity index (χ4v) is 2.43. The highest BCUT2D eigenvalue weighted by molar-refractivity contribution is 5.88. The Morgan fingerprint density at radius 1 is 1.05 bits per heavy atom. The van der Waals surface area contributed by atoms with Gasteiger partial charge >= 0.3 is 0 Å². The number of rotatable bonds is 3. The highest BCUT2D eigenvalue weighted by Gasteiger charge is 2.01. The minimum Gasteiger partial charge on any atom is -0.506 e. The van der Waals surface area contributed by atoms with Gasteiger partial charge in [-0.25, -0.2) is 4.98 Å². The number of pyridine rings is 1. The summed E-state index contributed by atoms with van der Waals surface area (Å²) in [7, 11) is 0. The van der Waals surface area contributed by atoms with Crippen molar-refractivity contribution in [3.63, 3.8) is 0 Å². The van der Waals surface area contributed by atoms with Gasteiger partial charge in [0, 0.05) is 5.39 Å². The molecule has 4 heteroatoms. The van der Waals surface area contributed by atoms with Crippen LogP contribution >= 0.6 is 0 Å². The van der Waals surface area contributed by atoms with E-state index in [1.165, 1.54) is 11.1 Å². The number of para-hydroxylation sites is 1. The lowest BCUT2D eigenvalue weighted by Gasteiger charge is -2.04. The van der Waals surface area contributed by atoms with E-state index in [1.807, 2.05) is 30.3 Å². The van der Waals surface area contributed by atoms with E-state index in [4.69, 9.17) is 0 Å². The van der Waals surface area contributed by atoms with E-state index in [-0.39, 0.29) is 5.75 Å². The highest BCUT2D eigenvalue weighted by Crippen LogP contribution is 2.22. The van der Waals surface area contributed by atoms with Crippen molar-refractivity contribution in [2.24, 2.45) is 5.10 Å². The molecule has 0 spiro atoms. The molecule has 0 saturated carbocycles. The van der Waals surface area contributed by atoms with Gasteiger partial charge in [0.1, 0.15) is 11.3 Å². The molecule has 0 aliphatic rings. The molecule has 0 aliphatic carbocycles. The Morgan fingerprint density at radius 3 is 2.59 bits per heavy atom. The third kappa shape index (κ3) is 3.06. The van der Waals surface area contributed by atoms with Crippen LogP contribution in [0.25, 0.3) is 10.9 Å². The largest absolute Gasteiger partial charge is 0.506 e. The molecule has 0 radical (unpaired) electrons. The molecular weight excluding hydrogens is 274 g/mol.